The minimum Gasteiger partial charge on any atom is -0.489 e. The third kappa shape index (κ3) is 3.59. The van der Waals surface area contributed by atoms with Crippen molar-refractivity contribution in [2.45, 2.75) is 20.5 Å². The Morgan fingerprint density at radius 1 is 1.10 bits per heavy atom. The molecule has 0 saturated heterocycles. The van der Waals surface area contributed by atoms with E-state index in [1.807, 2.05) is 32.0 Å². The fourth-order valence-corrected chi connectivity index (χ4v) is 1.93. The van der Waals surface area contributed by atoms with E-state index in [1.54, 1.807) is 0 Å². The van der Waals surface area contributed by atoms with Gasteiger partial charge in [-0.2, -0.15) is 0 Å². The lowest BCUT2D eigenvalue weighted by atomic mass is 9.80. The Kier molecular flexibility index (Phi) is 4.42. The van der Waals surface area contributed by atoms with E-state index in [4.69, 9.17) is 14.8 Å². The number of hydrogen-bond donors (Lipinski definition) is 2. The second-order valence-corrected chi connectivity index (χ2v) is 4.81. The van der Waals surface area contributed by atoms with Crippen LogP contribution in [0.5, 0.6) is 5.75 Å². The first kappa shape index (κ1) is 14.6. The molecule has 0 bridgehead atoms. The molecule has 2 aromatic rings. The Morgan fingerprint density at radius 3 is 2.55 bits per heavy atom. The van der Waals surface area contributed by atoms with E-state index in [9.17, 15) is 4.39 Å². The van der Waals surface area contributed by atoms with Crippen molar-refractivity contribution in [1.82, 2.24) is 0 Å². The third-order valence-electron chi connectivity index (χ3n) is 3.09. The standard InChI is InChI=1S/C15H16BFO3/c1-10-3-4-11(2)12(5-10)9-20-15-7-13(16(18)19)6-14(17)8-15/h3-8,18-19H,9H2,1-2H3. The minimum atomic E-state index is -1.71. The Morgan fingerprint density at radius 2 is 1.85 bits per heavy atom. The van der Waals surface area contributed by atoms with Gasteiger partial charge in [-0.15, -0.1) is 0 Å². The molecule has 0 aromatic heterocycles. The zero-order chi connectivity index (χ0) is 14.7. The highest BCUT2D eigenvalue weighted by molar-refractivity contribution is 6.58. The highest BCUT2D eigenvalue weighted by Crippen LogP contribution is 2.16. The van der Waals surface area contributed by atoms with E-state index >= 15 is 0 Å². The van der Waals surface area contributed by atoms with E-state index in [0.29, 0.717) is 6.61 Å². The van der Waals surface area contributed by atoms with Crippen LogP contribution in [0, 0.1) is 19.7 Å². The van der Waals surface area contributed by atoms with Crippen LogP contribution in [0.1, 0.15) is 16.7 Å². The molecule has 20 heavy (non-hydrogen) atoms. The van der Waals surface area contributed by atoms with Crippen LogP contribution >= 0.6 is 0 Å². The van der Waals surface area contributed by atoms with Gasteiger partial charge in [0, 0.05) is 6.07 Å². The lowest BCUT2D eigenvalue weighted by Crippen LogP contribution is -2.30. The van der Waals surface area contributed by atoms with Crippen LogP contribution in [-0.2, 0) is 6.61 Å². The third-order valence-corrected chi connectivity index (χ3v) is 3.09. The van der Waals surface area contributed by atoms with Gasteiger partial charge in [0.2, 0.25) is 0 Å². The first-order valence-electron chi connectivity index (χ1n) is 6.31. The Labute approximate surface area is 117 Å². The van der Waals surface area contributed by atoms with Gasteiger partial charge in [0.1, 0.15) is 18.2 Å². The summed E-state index contributed by atoms with van der Waals surface area (Å²) in [5.41, 5.74) is 3.30. The van der Waals surface area contributed by atoms with Crippen LogP contribution in [0.15, 0.2) is 36.4 Å². The lowest BCUT2D eigenvalue weighted by molar-refractivity contribution is 0.304. The average Bonchev–Trinajstić information content (AvgIpc) is 2.39. The molecule has 2 rings (SSSR count). The highest BCUT2D eigenvalue weighted by Gasteiger charge is 2.14. The predicted molar refractivity (Wildman–Crippen MR) is 76.5 cm³/mol. The zero-order valence-corrected chi connectivity index (χ0v) is 11.4. The van der Waals surface area contributed by atoms with Gasteiger partial charge in [0.05, 0.1) is 0 Å². The Balaban J connectivity index is 2.16. The highest BCUT2D eigenvalue weighted by atomic mass is 19.1. The zero-order valence-electron chi connectivity index (χ0n) is 11.4. The molecule has 5 heteroatoms. The molecule has 0 aliphatic rings. The SMILES string of the molecule is Cc1ccc(C)c(COc2cc(F)cc(B(O)O)c2)c1. The minimum absolute atomic E-state index is 0.0703. The Hall–Kier alpha value is -1.85. The van der Waals surface area contributed by atoms with E-state index < -0.39 is 12.9 Å². The Bertz CT molecular complexity index is 614. The molecule has 0 aliphatic heterocycles. The lowest BCUT2D eigenvalue weighted by Gasteiger charge is -2.11. The van der Waals surface area contributed by atoms with Crippen LogP contribution < -0.4 is 10.2 Å². The first-order chi connectivity index (χ1) is 9.45. The topological polar surface area (TPSA) is 49.7 Å². The molecule has 0 fully saturated rings. The van der Waals surface area contributed by atoms with Crippen molar-refractivity contribution in [2.75, 3.05) is 0 Å². The monoisotopic (exact) mass is 274 g/mol. The molecular formula is C15H16BFO3. The van der Waals surface area contributed by atoms with Gasteiger partial charge in [-0.3, -0.25) is 0 Å². The van der Waals surface area contributed by atoms with Crippen LogP contribution in [0.3, 0.4) is 0 Å². The van der Waals surface area contributed by atoms with E-state index in [2.05, 4.69) is 0 Å². The normalized spacial score (nSPS) is 10.4. The summed E-state index contributed by atoms with van der Waals surface area (Å²) in [6.07, 6.45) is 0. The molecule has 3 nitrogen and oxygen atoms in total. The van der Waals surface area contributed by atoms with E-state index in [-0.39, 0.29) is 11.2 Å². The molecule has 2 N–H and O–H groups in total. The van der Waals surface area contributed by atoms with Crippen molar-refractivity contribution in [3.8, 4) is 5.75 Å². The summed E-state index contributed by atoms with van der Waals surface area (Å²) in [4.78, 5) is 0. The van der Waals surface area contributed by atoms with Crippen molar-refractivity contribution < 1.29 is 19.2 Å². The van der Waals surface area contributed by atoms with Gasteiger partial charge in [0.25, 0.3) is 0 Å². The molecule has 0 spiro atoms. The maximum Gasteiger partial charge on any atom is 0.488 e. The summed E-state index contributed by atoms with van der Waals surface area (Å²) in [5.74, 6) is -0.291. The van der Waals surface area contributed by atoms with Gasteiger partial charge in [0.15, 0.2) is 0 Å². The van der Waals surface area contributed by atoms with E-state index in [1.165, 1.54) is 12.1 Å². The fraction of sp³-hybridized carbons (Fsp3) is 0.200. The van der Waals surface area contributed by atoms with Crippen molar-refractivity contribution in [3.05, 3.63) is 58.9 Å². The number of halogens is 1. The van der Waals surface area contributed by atoms with E-state index in [0.717, 1.165) is 22.8 Å². The van der Waals surface area contributed by atoms with Crippen molar-refractivity contribution in [2.24, 2.45) is 0 Å². The molecule has 0 unspecified atom stereocenters. The first-order valence-corrected chi connectivity index (χ1v) is 6.31. The van der Waals surface area contributed by atoms with Crippen molar-refractivity contribution in [3.63, 3.8) is 0 Å². The van der Waals surface area contributed by atoms with Gasteiger partial charge >= 0.3 is 7.12 Å². The molecule has 0 aliphatic carbocycles. The predicted octanol–water partition coefficient (Wildman–Crippen LogP) is 1.70. The summed E-state index contributed by atoms with van der Waals surface area (Å²) in [6, 6.07) is 9.73. The summed E-state index contributed by atoms with van der Waals surface area (Å²) in [5, 5.41) is 18.1. The molecule has 0 amide bonds. The second kappa shape index (κ2) is 6.07. The summed E-state index contributed by atoms with van der Waals surface area (Å²) >= 11 is 0. The maximum absolute atomic E-state index is 13.4. The number of hydrogen-bond acceptors (Lipinski definition) is 3. The summed E-state index contributed by atoms with van der Waals surface area (Å²) in [7, 11) is -1.71. The quantitative estimate of drug-likeness (QED) is 0.834. The molecule has 0 saturated carbocycles. The van der Waals surface area contributed by atoms with Gasteiger partial charge in [-0.1, -0.05) is 23.8 Å². The summed E-state index contributed by atoms with van der Waals surface area (Å²) in [6.45, 7) is 4.27. The van der Waals surface area contributed by atoms with Crippen LogP contribution in [0.2, 0.25) is 0 Å². The molecule has 0 heterocycles. The maximum atomic E-state index is 13.4. The largest absolute Gasteiger partial charge is 0.489 e. The molecular weight excluding hydrogens is 258 g/mol. The molecule has 0 radical (unpaired) electrons. The number of aryl methyl sites for hydroxylation is 2. The van der Waals surface area contributed by atoms with Crippen molar-refractivity contribution in [1.29, 1.82) is 0 Å². The second-order valence-electron chi connectivity index (χ2n) is 4.81. The smallest absolute Gasteiger partial charge is 0.488 e. The average molecular weight is 274 g/mol. The molecule has 104 valence electrons. The fourth-order valence-electron chi connectivity index (χ4n) is 1.93. The number of ether oxygens (including phenoxy) is 1. The van der Waals surface area contributed by atoms with Crippen LogP contribution in [0.4, 0.5) is 4.39 Å². The van der Waals surface area contributed by atoms with Gasteiger partial charge in [-0.05, 0) is 42.6 Å². The van der Waals surface area contributed by atoms with Crippen LogP contribution in [-0.4, -0.2) is 17.2 Å². The van der Waals surface area contributed by atoms with Crippen LogP contribution in [0.25, 0.3) is 0 Å². The summed E-state index contributed by atoms with van der Waals surface area (Å²) < 4.78 is 18.9. The molecule has 0 atom stereocenters. The van der Waals surface area contributed by atoms with Gasteiger partial charge in [-0.25, -0.2) is 4.39 Å². The van der Waals surface area contributed by atoms with Gasteiger partial charge < -0.3 is 14.8 Å². The molecule has 2 aromatic carbocycles. The number of rotatable bonds is 4. The number of benzene rings is 2. The van der Waals surface area contributed by atoms with Crippen molar-refractivity contribution >= 4 is 12.6 Å².